The van der Waals surface area contributed by atoms with Crippen molar-refractivity contribution >= 4 is 0 Å². The first-order valence-corrected chi connectivity index (χ1v) is 4.97. The van der Waals surface area contributed by atoms with Crippen molar-refractivity contribution in [2.24, 2.45) is 5.41 Å². The lowest BCUT2D eigenvalue weighted by atomic mass is 9.78. The number of hydrogen-bond donors (Lipinski definition) is 0. The van der Waals surface area contributed by atoms with Gasteiger partial charge in [-0.05, 0) is 24.7 Å². The Bertz CT molecular complexity index is 67.0. The minimum absolute atomic E-state index is 0.589. The van der Waals surface area contributed by atoms with Gasteiger partial charge >= 0.3 is 0 Å². The Labute approximate surface area is 72.4 Å². The molecule has 0 fully saturated rings. The average Bonchev–Trinajstić information content (AvgIpc) is 1.88. The van der Waals surface area contributed by atoms with Gasteiger partial charge in [-0.15, -0.1) is 0 Å². The molecule has 0 nitrogen and oxygen atoms in total. The maximum absolute atomic E-state index is 3.94. The van der Waals surface area contributed by atoms with E-state index in [0.717, 1.165) is 6.42 Å². The highest BCUT2D eigenvalue weighted by Crippen LogP contribution is 2.33. The molecule has 0 amide bonds. The van der Waals surface area contributed by atoms with Crippen LogP contribution in [0.25, 0.3) is 0 Å². The molecule has 0 atom stereocenters. The molecule has 67 valence electrons. The van der Waals surface area contributed by atoms with Gasteiger partial charge in [0.25, 0.3) is 0 Å². The van der Waals surface area contributed by atoms with E-state index in [9.17, 15) is 0 Å². The molecule has 0 aromatic carbocycles. The quantitative estimate of drug-likeness (QED) is 0.539. The van der Waals surface area contributed by atoms with Gasteiger partial charge in [0.15, 0.2) is 0 Å². The second-order valence-corrected chi connectivity index (χ2v) is 3.91. The van der Waals surface area contributed by atoms with Crippen LogP contribution < -0.4 is 0 Å². The molecule has 0 saturated carbocycles. The molecule has 0 aromatic rings. The third kappa shape index (κ3) is 4.44. The molecule has 0 bridgehead atoms. The van der Waals surface area contributed by atoms with Crippen LogP contribution >= 0.6 is 0 Å². The monoisotopic (exact) mass is 155 g/mol. The third-order valence-electron chi connectivity index (χ3n) is 2.49. The lowest BCUT2D eigenvalue weighted by molar-refractivity contribution is 0.246. The fourth-order valence-corrected chi connectivity index (χ4v) is 2.01. The van der Waals surface area contributed by atoms with Gasteiger partial charge in [0.05, 0.1) is 0 Å². The molecule has 0 spiro atoms. The molecule has 0 unspecified atom stereocenters. The van der Waals surface area contributed by atoms with Gasteiger partial charge in [0.1, 0.15) is 0 Å². The van der Waals surface area contributed by atoms with E-state index in [-0.39, 0.29) is 0 Å². The summed E-state index contributed by atoms with van der Waals surface area (Å²) in [6, 6.07) is 0. The van der Waals surface area contributed by atoms with Crippen LogP contribution in [-0.2, 0) is 0 Å². The van der Waals surface area contributed by atoms with E-state index in [1.165, 1.54) is 32.1 Å². The van der Waals surface area contributed by atoms with Gasteiger partial charge in [0.2, 0.25) is 0 Å². The van der Waals surface area contributed by atoms with E-state index >= 15 is 0 Å². The van der Waals surface area contributed by atoms with Crippen molar-refractivity contribution in [3.8, 4) is 0 Å². The Morgan fingerprint density at radius 1 is 1.00 bits per heavy atom. The predicted molar refractivity (Wildman–Crippen MR) is 52.5 cm³/mol. The minimum atomic E-state index is 0.589. The molecule has 0 saturated heterocycles. The second-order valence-electron chi connectivity index (χ2n) is 3.91. The van der Waals surface area contributed by atoms with Crippen LogP contribution in [0, 0.1) is 12.3 Å². The van der Waals surface area contributed by atoms with Crippen LogP contribution in [-0.4, -0.2) is 0 Å². The summed E-state index contributed by atoms with van der Waals surface area (Å²) < 4.78 is 0. The molecular formula is C11H23. The zero-order valence-electron chi connectivity index (χ0n) is 8.45. The van der Waals surface area contributed by atoms with Crippen molar-refractivity contribution in [2.75, 3.05) is 0 Å². The summed E-state index contributed by atoms with van der Waals surface area (Å²) >= 11 is 0. The first kappa shape index (κ1) is 11.0. The van der Waals surface area contributed by atoms with Crippen LogP contribution in [0.2, 0.25) is 0 Å². The van der Waals surface area contributed by atoms with E-state index in [2.05, 4.69) is 27.7 Å². The van der Waals surface area contributed by atoms with Gasteiger partial charge < -0.3 is 0 Å². The Hall–Kier alpha value is 0. The van der Waals surface area contributed by atoms with Crippen molar-refractivity contribution < 1.29 is 0 Å². The van der Waals surface area contributed by atoms with Crippen molar-refractivity contribution in [3.05, 3.63) is 6.92 Å². The van der Waals surface area contributed by atoms with E-state index < -0.39 is 0 Å². The SMILES string of the molecule is [CH2]CCC(C)(CCC)CCC. The summed E-state index contributed by atoms with van der Waals surface area (Å²) in [6.45, 7) is 10.9. The standard InChI is InChI=1S/C11H23/c1-5-8-11(4,9-6-2)10-7-3/h1,5-10H2,2-4H3. The molecule has 0 heterocycles. The summed E-state index contributed by atoms with van der Waals surface area (Å²) in [7, 11) is 0. The number of rotatable bonds is 6. The molecule has 0 aromatic heterocycles. The highest BCUT2D eigenvalue weighted by molar-refractivity contribution is 4.73. The summed E-state index contributed by atoms with van der Waals surface area (Å²) in [5.41, 5.74) is 0.589. The molecule has 0 aliphatic rings. The topological polar surface area (TPSA) is 0 Å². The third-order valence-corrected chi connectivity index (χ3v) is 2.49. The van der Waals surface area contributed by atoms with Crippen molar-refractivity contribution in [1.29, 1.82) is 0 Å². The molecule has 0 aliphatic carbocycles. The Balaban J connectivity index is 3.79. The van der Waals surface area contributed by atoms with E-state index in [1.807, 2.05) is 0 Å². The average molecular weight is 155 g/mol. The smallest absolute Gasteiger partial charge is 0.0326 e. The van der Waals surface area contributed by atoms with Gasteiger partial charge in [-0.2, -0.15) is 0 Å². The maximum atomic E-state index is 3.94. The van der Waals surface area contributed by atoms with Crippen LogP contribution in [0.5, 0.6) is 0 Å². The Morgan fingerprint density at radius 2 is 1.45 bits per heavy atom. The largest absolute Gasteiger partial charge is 0.0654 e. The van der Waals surface area contributed by atoms with Gasteiger partial charge in [0, 0.05) is 0 Å². The van der Waals surface area contributed by atoms with Crippen LogP contribution in [0.4, 0.5) is 0 Å². The molecule has 0 N–H and O–H groups in total. The summed E-state index contributed by atoms with van der Waals surface area (Å²) in [5.74, 6) is 0. The predicted octanol–water partition coefficient (Wildman–Crippen LogP) is 4.21. The normalized spacial score (nSPS) is 12.0. The van der Waals surface area contributed by atoms with Crippen molar-refractivity contribution in [2.45, 2.75) is 59.3 Å². The van der Waals surface area contributed by atoms with Crippen LogP contribution in [0.15, 0.2) is 0 Å². The Kier molecular flexibility index (Phi) is 5.62. The first-order valence-electron chi connectivity index (χ1n) is 4.97. The zero-order valence-corrected chi connectivity index (χ0v) is 8.45. The van der Waals surface area contributed by atoms with Crippen LogP contribution in [0.1, 0.15) is 59.3 Å². The van der Waals surface area contributed by atoms with E-state index in [1.54, 1.807) is 0 Å². The van der Waals surface area contributed by atoms with Crippen molar-refractivity contribution in [1.82, 2.24) is 0 Å². The molecule has 0 heteroatoms. The fourth-order valence-electron chi connectivity index (χ4n) is 2.01. The molecule has 0 rings (SSSR count). The second kappa shape index (κ2) is 5.62. The van der Waals surface area contributed by atoms with Gasteiger partial charge in [-0.25, -0.2) is 0 Å². The van der Waals surface area contributed by atoms with Gasteiger partial charge in [-0.3, -0.25) is 0 Å². The summed E-state index contributed by atoms with van der Waals surface area (Å²) in [4.78, 5) is 0. The highest BCUT2D eigenvalue weighted by atomic mass is 14.3. The molecule has 1 radical (unpaired) electrons. The maximum Gasteiger partial charge on any atom is -0.0326 e. The van der Waals surface area contributed by atoms with Gasteiger partial charge in [-0.1, -0.05) is 47.0 Å². The Morgan fingerprint density at radius 3 is 1.73 bits per heavy atom. The molecule has 11 heavy (non-hydrogen) atoms. The highest BCUT2D eigenvalue weighted by Gasteiger charge is 2.20. The summed E-state index contributed by atoms with van der Waals surface area (Å²) in [5, 5.41) is 0. The lowest BCUT2D eigenvalue weighted by Crippen LogP contribution is -2.15. The van der Waals surface area contributed by atoms with Crippen LogP contribution in [0.3, 0.4) is 0 Å². The molecule has 0 aliphatic heterocycles. The number of hydrogen-bond acceptors (Lipinski definition) is 0. The fraction of sp³-hybridized carbons (Fsp3) is 0.909. The summed E-state index contributed by atoms with van der Waals surface area (Å²) in [6.07, 6.45) is 7.77. The minimum Gasteiger partial charge on any atom is -0.0654 e. The van der Waals surface area contributed by atoms with E-state index in [0.29, 0.717) is 5.41 Å². The van der Waals surface area contributed by atoms with E-state index in [4.69, 9.17) is 0 Å². The zero-order chi connectivity index (χ0) is 8.74. The lowest BCUT2D eigenvalue weighted by Gasteiger charge is -2.28. The molecular weight excluding hydrogens is 132 g/mol. The van der Waals surface area contributed by atoms with Crippen molar-refractivity contribution in [3.63, 3.8) is 0 Å². The first-order chi connectivity index (χ1) is 5.18.